The van der Waals surface area contributed by atoms with Gasteiger partial charge in [0.1, 0.15) is 18.1 Å². The van der Waals surface area contributed by atoms with Crippen LogP contribution < -0.4 is 15.9 Å². The Morgan fingerprint density at radius 1 is 0.963 bits per heavy atom. The smallest absolute Gasteiger partial charge is 0.184 e. The molecule has 0 spiro atoms. The number of hydrogen-bond acceptors (Lipinski definition) is 3. The molecule has 3 rings (SSSR count). The van der Waals surface area contributed by atoms with Gasteiger partial charge in [-0.2, -0.15) is 5.10 Å². The van der Waals surface area contributed by atoms with Crippen molar-refractivity contribution in [3.63, 3.8) is 0 Å². The molecule has 0 bridgehead atoms. The second kappa shape index (κ2) is 9.30. The van der Waals surface area contributed by atoms with Gasteiger partial charge in [-0.05, 0) is 47.6 Å². The lowest BCUT2D eigenvalue weighted by molar-refractivity contribution is 0.376. The summed E-state index contributed by atoms with van der Waals surface area (Å²) >= 11 is 8.28. The van der Waals surface area contributed by atoms with E-state index in [-0.39, 0.29) is 11.7 Å². The van der Waals surface area contributed by atoms with Crippen LogP contribution in [0.1, 0.15) is 5.56 Å². The molecule has 27 heavy (non-hydrogen) atoms. The van der Waals surface area contributed by atoms with Crippen molar-refractivity contribution in [1.82, 2.24) is 5.43 Å². The normalized spacial score (nSPS) is 11.1. The molecule has 0 amide bonds. The third kappa shape index (κ3) is 5.64. The van der Waals surface area contributed by atoms with Crippen molar-refractivity contribution in [2.24, 2.45) is 10.8 Å². The molecule has 3 N–H and O–H groups in total. The maximum absolute atomic E-state index is 5.98. The number of ether oxygens (including phenoxy) is 1. The lowest BCUT2D eigenvalue weighted by atomic mass is 10.1. The predicted molar refractivity (Wildman–Crippen MR) is 118 cm³/mol. The van der Waals surface area contributed by atoms with E-state index in [9.17, 15) is 0 Å². The highest BCUT2D eigenvalue weighted by atomic mass is 79.9. The van der Waals surface area contributed by atoms with Crippen LogP contribution in [0.4, 0.5) is 0 Å². The van der Waals surface area contributed by atoms with Crippen LogP contribution in [0.3, 0.4) is 0 Å². The molecule has 3 aromatic rings. The minimum absolute atomic E-state index is 0.107. The summed E-state index contributed by atoms with van der Waals surface area (Å²) in [6.45, 7) is 0.273. The second-order valence-corrected chi connectivity index (χ2v) is 7.08. The van der Waals surface area contributed by atoms with Crippen LogP contribution >= 0.6 is 28.1 Å². The Kier molecular flexibility index (Phi) is 6.57. The van der Waals surface area contributed by atoms with Gasteiger partial charge < -0.3 is 10.5 Å². The van der Waals surface area contributed by atoms with E-state index in [1.807, 2.05) is 60.7 Å². The Morgan fingerprint density at radius 3 is 2.37 bits per heavy atom. The van der Waals surface area contributed by atoms with Gasteiger partial charge in [0.15, 0.2) is 5.11 Å². The third-order valence-electron chi connectivity index (χ3n) is 3.80. The average molecular weight is 440 g/mol. The summed E-state index contributed by atoms with van der Waals surface area (Å²) in [6, 6.07) is 25.9. The molecule has 0 saturated carbocycles. The van der Waals surface area contributed by atoms with E-state index in [0.717, 1.165) is 26.9 Å². The van der Waals surface area contributed by atoms with Gasteiger partial charge in [-0.15, -0.1) is 0 Å². The minimum atomic E-state index is 0.107. The maximum atomic E-state index is 5.98. The third-order valence-corrected chi connectivity index (χ3v) is 4.42. The highest BCUT2D eigenvalue weighted by Crippen LogP contribution is 2.23. The number of hydrogen-bond donors (Lipinski definition) is 2. The van der Waals surface area contributed by atoms with Crippen molar-refractivity contribution in [3.8, 4) is 16.9 Å². The second-order valence-electron chi connectivity index (χ2n) is 5.72. The summed E-state index contributed by atoms with van der Waals surface area (Å²) in [7, 11) is 0. The van der Waals surface area contributed by atoms with Crippen LogP contribution in [-0.4, -0.2) is 17.4 Å². The van der Waals surface area contributed by atoms with Crippen LogP contribution in [0.25, 0.3) is 11.1 Å². The molecule has 3 aromatic carbocycles. The van der Waals surface area contributed by atoms with E-state index in [1.165, 1.54) is 0 Å². The summed E-state index contributed by atoms with van der Waals surface area (Å²) in [5.41, 5.74) is 12.0. The molecule has 0 radical (unpaired) electrons. The first-order valence-corrected chi connectivity index (χ1v) is 9.48. The SMILES string of the molecule is NC(=S)N/N=C(\COc1cccc(-c2ccccc2)c1)c1ccc(Br)cc1. The quantitative estimate of drug-likeness (QED) is 0.331. The molecule has 6 heteroatoms. The molecule has 0 heterocycles. The van der Waals surface area contributed by atoms with Crippen molar-refractivity contribution in [1.29, 1.82) is 0 Å². The Balaban J connectivity index is 1.78. The molecule has 0 aromatic heterocycles. The highest BCUT2D eigenvalue weighted by Gasteiger charge is 2.07. The zero-order valence-corrected chi connectivity index (χ0v) is 16.8. The number of rotatable bonds is 6. The molecule has 136 valence electrons. The predicted octanol–water partition coefficient (Wildman–Crippen LogP) is 4.73. The van der Waals surface area contributed by atoms with Crippen LogP contribution in [0.15, 0.2) is 88.4 Å². The van der Waals surface area contributed by atoms with E-state index in [2.05, 4.69) is 44.7 Å². The minimum Gasteiger partial charge on any atom is -0.487 e. The molecule has 0 atom stereocenters. The van der Waals surface area contributed by atoms with Crippen molar-refractivity contribution in [2.45, 2.75) is 0 Å². The van der Waals surface area contributed by atoms with Crippen LogP contribution in [0.2, 0.25) is 0 Å². The highest BCUT2D eigenvalue weighted by molar-refractivity contribution is 9.10. The van der Waals surface area contributed by atoms with Gasteiger partial charge in [0, 0.05) is 10.0 Å². The fraction of sp³-hybridized carbons (Fsp3) is 0.0476. The van der Waals surface area contributed by atoms with Crippen LogP contribution in [0.5, 0.6) is 5.75 Å². The Morgan fingerprint density at radius 2 is 1.67 bits per heavy atom. The number of benzene rings is 3. The summed E-state index contributed by atoms with van der Waals surface area (Å²) in [4.78, 5) is 0. The van der Waals surface area contributed by atoms with Gasteiger partial charge in [0.25, 0.3) is 0 Å². The molecular weight excluding hydrogens is 422 g/mol. The zero-order valence-electron chi connectivity index (χ0n) is 14.4. The number of nitrogens with two attached hydrogens (primary N) is 1. The van der Waals surface area contributed by atoms with E-state index in [1.54, 1.807) is 0 Å². The summed E-state index contributed by atoms with van der Waals surface area (Å²) in [6.07, 6.45) is 0. The number of nitrogens with one attached hydrogen (secondary N) is 1. The molecule has 0 unspecified atom stereocenters. The standard InChI is InChI=1S/C21H18BrN3OS/c22-18-11-9-16(10-12-18)20(24-25-21(23)27)14-26-19-8-4-7-17(13-19)15-5-2-1-3-6-15/h1-13H,14H2,(H3,23,25,27)/b24-20+. The zero-order chi connectivity index (χ0) is 19.1. The lowest BCUT2D eigenvalue weighted by Gasteiger charge is -2.11. The van der Waals surface area contributed by atoms with Crippen LogP contribution in [-0.2, 0) is 0 Å². The fourth-order valence-electron chi connectivity index (χ4n) is 2.49. The average Bonchev–Trinajstić information content (AvgIpc) is 2.70. The van der Waals surface area contributed by atoms with E-state index >= 15 is 0 Å². The van der Waals surface area contributed by atoms with Gasteiger partial charge in [-0.1, -0.05) is 70.5 Å². The summed E-state index contributed by atoms with van der Waals surface area (Å²) in [5, 5.41) is 4.39. The van der Waals surface area contributed by atoms with E-state index in [4.69, 9.17) is 22.7 Å². The first-order valence-electron chi connectivity index (χ1n) is 8.28. The largest absolute Gasteiger partial charge is 0.487 e. The van der Waals surface area contributed by atoms with Crippen molar-refractivity contribution < 1.29 is 4.74 Å². The Labute approximate surface area is 172 Å². The number of halogens is 1. The molecule has 0 aliphatic rings. The first kappa shape index (κ1) is 19.1. The van der Waals surface area contributed by atoms with Crippen molar-refractivity contribution in [3.05, 3.63) is 88.9 Å². The molecule has 0 aliphatic heterocycles. The van der Waals surface area contributed by atoms with E-state index < -0.39 is 0 Å². The molecule has 0 aliphatic carbocycles. The lowest BCUT2D eigenvalue weighted by Crippen LogP contribution is -2.27. The first-order chi connectivity index (χ1) is 13.1. The fourth-order valence-corrected chi connectivity index (χ4v) is 2.80. The monoisotopic (exact) mass is 439 g/mol. The molecule has 0 fully saturated rings. The number of nitrogens with zero attached hydrogens (tertiary/aromatic N) is 1. The summed E-state index contributed by atoms with van der Waals surface area (Å²) in [5.74, 6) is 0.761. The Bertz CT molecular complexity index is 943. The number of hydrazone groups is 1. The molecule has 0 saturated heterocycles. The van der Waals surface area contributed by atoms with Gasteiger partial charge >= 0.3 is 0 Å². The van der Waals surface area contributed by atoms with Crippen molar-refractivity contribution >= 4 is 39.0 Å². The van der Waals surface area contributed by atoms with Gasteiger partial charge in [-0.25, -0.2) is 0 Å². The number of thiocarbonyl (C=S) groups is 1. The van der Waals surface area contributed by atoms with Crippen LogP contribution in [0, 0.1) is 0 Å². The van der Waals surface area contributed by atoms with E-state index in [0.29, 0.717) is 5.71 Å². The van der Waals surface area contributed by atoms with Gasteiger partial charge in [-0.3, -0.25) is 5.43 Å². The molecule has 4 nitrogen and oxygen atoms in total. The summed E-state index contributed by atoms with van der Waals surface area (Å²) < 4.78 is 6.97. The van der Waals surface area contributed by atoms with Gasteiger partial charge in [0.05, 0.1) is 0 Å². The van der Waals surface area contributed by atoms with Crippen molar-refractivity contribution in [2.75, 3.05) is 6.61 Å². The Hall–Kier alpha value is -2.70. The van der Waals surface area contributed by atoms with Gasteiger partial charge in [0.2, 0.25) is 0 Å². The topological polar surface area (TPSA) is 59.6 Å². The molecular formula is C21H18BrN3OS. The maximum Gasteiger partial charge on any atom is 0.184 e.